The van der Waals surface area contributed by atoms with E-state index in [0.29, 0.717) is 102 Å². The number of rotatable bonds is 28. The molecule has 0 heterocycles. The van der Waals surface area contributed by atoms with Gasteiger partial charge in [-0.15, -0.1) is 0 Å². The van der Waals surface area contributed by atoms with Gasteiger partial charge in [-0.25, -0.2) is 0 Å². The number of benzene rings is 8. The molecular formula is C120H169O10P. The third kappa shape index (κ3) is 29.6. The zero-order chi connectivity index (χ0) is 96.4. The van der Waals surface area contributed by atoms with Crippen LogP contribution in [0.1, 0.15) is 386 Å². The number of phenolic OH excluding ortho intramolecular Hbond substituents is 1. The lowest BCUT2D eigenvalue weighted by molar-refractivity contribution is 0.199. The van der Waals surface area contributed by atoms with Crippen LogP contribution in [-0.2, 0) is 93.3 Å². The quantitative estimate of drug-likeness (QED) is 0.0477. The van der Waals surface area contributed by atoms with E-state index in [9.17, 15) is 5.11 Å². The molecule has 0 unspecified atom stereocenters. The Labute approximate surface area is 796 Å². The number of hydrogen-bond donors (Lipinski definition) is 1. The number of aromatic hydroxyl groups is 1. The molecule has 0 atom stereocenters. The normalized spacial score (nSPS) is 15.5. The van der Waals surface area contributed by atoms with Crippen molar-refractivity contribution in [3.63, 3.8) is 0 Å². The molecule has 131 heavy (non-hydrogen) atoms. The van der Waals surface area contributed by atoms with Crippen LogP contribution < -0.4 is 32.5 Å². The van der Waals surface area contributed by atoms with Gasteiger partial charge in [0.2, 0.25) is 0 Å². The third-order valence-corrected chi connectivity index (χ3v) is 26.1. The van der Waals surface area contributed by atoms with Crippen molar-refractivity contribution >= 4 is 8.60 Å². The van der Waals surface area contributed by atoms with Crippen LogP contribution in [0.2, 0.25) is 0 Å². The zero-order valence-corrected chi connectivity index (χ0v) is 88.3. The molecular weight excluding hydrogens is 1630 g/mol. The fourth-order valence-corrected chi connectivity index (χ4v) is 18.3. The molecule has 0 saturated heterocycles. The first-order valence-corrected chi connectivity index (χ1v) is 50.9. The highest BCUT2D eigenvalue weighted by Gasteiger charge is 2.35. The Hall–Kier alpha value is -8.85. The van der Waals surface area contributed by atoms with Crippen LogP contribution in [-0.4, -0.2) is 44.7 Å². The van der Waals surface area contributed by atoms with Crippen LogP contribution >= 0.6 is 8.60 Å². The fourth-order valence-electron chi connectivity index (χ4n) is 17.2. The summed E-state index contributed by atoms with van der Waals surface area (Å²) >= 11 is 0. The Morgan fingerprint density at radius 3 is 0.771 bits per heavy atom. The van der Waals surface area contributed by atoms with E-state index in [1.54, 1.807) is 0 Å². The summed E-state index contributed by atoms with van der Waals surface area (Å²) in [5, 5.41) is 12.5. The Kier molecular flexibility index (Phi) is 37.1. The van der Waals surface area contributed by atoms with E-state index in [1.165, 1.54) is 72.3 Å². The minimum absolute atomic E-state index is 0.0187. The lowest BCUT2D eigenvalue weighted by atomic mass is 9.79. The minimum Gasteiger partial charge on any atom is -0.507 e. The van der Waals surface area contributed by atoms with Crippen molar-refractivity contribution in [1.82, 2.24) is 0 Å². The predicted molar refractivity (Wildman–Crippen MR) is 555 cm³/mol. The summed E-state index contributed by atoms with van der Waals surface area (Å²) in [6.45, 7) is 76.7. The standard InChI is InChI=1S/C66H89O6P.C54H80O4/c1-17-33-67-59-32-31-46-39-54(64(8,9)10)41-48(60(46)68-34-18-2)37-49-42-55(65(11,12)13)43-50(61(49)69-35-19-3)38-52-45-56(66(14,15)16)44-51(36-47(59)40-53(20-4)63(5,6)7)62(52)72-73(70-57-27-23-21-24-28-57)71-58-29-25-22-26-30-58;1-17-23-56-47-22-21-36-29-44(52(8,9)10)34-41(49(36)57-24-18-2)28-42-35-46(54(14,15)16)33-40(50(42)58-25-19-3)27-39-32-45(53(11,12)13)31-38(48(39)55)26-37(47)30-43(20-4)51(5,6)7/h21-30,39-45H,17-20,31-38H2,1-16H3;29-35,55H,17-28H2,1-16H3/b53-40+,59-47+;43-30+,47-37+. The molecule has 8 aromatic rings. The van der Waals surface area contributed by atoms with Crippen molar-refractivity contribution in [1.29, 1.82) is 0 Å². The lowest BCUT2D eigenvalue weighted by Crippen LogP contribution is -2.17. The monoisotopic (exact) mass is 1800 g/mol. The largest absolute Gasteiger partial charge is 0.530 e. The first-order valence-electron chi connectivity index (χ1n) is 49.8. The first-order chi connectivity index (χ1) is 61.5. The fraction of sp³-hybridized carbons (Fsp3) is 0.533. The molecule has 10 rings (SSSR count). The maximum Gasteiger partial charge on any atom is 0.530 e. The maximum absolute atomic E-state index is 12.5. The highest BCUT2D eigenvalue weighted by molar-refractivity contribution is 7.43. The number of fused-ring (bicyclic) bond motifs is 12. The molecule has 2 aliphatic rings. The Balaban J connectivity index is 0.000000303. The molecule has 10 nitrogen and oxygen atoms in total. The number of ether oxygens (including phenoxy) is 6. The molecule has 11 heteroatoms. The van der Waals surface area contributed by atoms with Crippen LogP contribution in [0.15, 0.2) is 179 Å². The molecule has 0 radical (unpaired) electrons. The second kappa shape index (κ2) is 45.9. The molecule has 0 saturated carbocycles. The summed E-state index contributed by atoms with van der Waals surface area (Å²) in [4.78, 5) is 0. The van der Waals surface area contributed by atoms with Gasteiger partial charge in [0.15, 0.2) is 0 Å². The minimum atomic E-state index is -2.03. The number of hydrogen-bond acceptors (Lipinski definition) is 10. The van der Waals surface area contributed by atoms with E-state index in [4.69, 9.17) is 42.0 Å². The van der Waals surface area contributed by atoms with Gasteiger partial charge in [0.25, 0.3) is 0 Å². The molecule has 0 aliphatic heterocycles. The Morgan fingerprint density at radius 1 is 0.275 bits per heavy atom. The van der Waals surface area contributed by atoms with Crippen molar-refractivity contribution in [2.45, 2.75) is 370 Å². The summed E-state index contributed by atoms with van der Waals surface area (Å²) in [5.41, 5.74) is 25.1. The second-order valence-electron chi connectivity index (χ2n) is 45.0. The van der Waals surface area contributed by atoms with Gasteiger partial charge in [-0.2, -0.15) is 0 Å². The summed E-state index contributed by atoms with van der Waals surface area (Å²) in [7, 11) is -2.03. The van der Waals surface area contributed by atoms with Gasteiger partial charge < -0.3 is 47.1 Å². The van der Waals surface area contributed by atoms with Gasteiger partial charge in [0.1, 0.15) is 46.0 Å². The number of para-hydroxylation sites is 2. The van der Waals surface area contributed by atoms with Gasteiger partial charge in [0, 0.05) is 51.4 Å². The predicted octanol–water partition coefficient (Wildman–Crippen LogP) is 33.2. The number of phenols is 1. The molecule has 0 spiro atoms. The van der Waals surface area contributed by atoms with E-state index in [-0.39, 0.29) is 43.3 Å². The van der Waals surface area contributed by atoms with E-state index >= 15 is 0 Å². The topological polar surface area (TPSA) is 103 Å². The van der Waals surface area contributed by atoms with Crippen LogP contribution in [0.25, 0.3) is 0 Å². The van der Waals surface area contributed by atoms with Crippen LogP contribution in [0.4, 0.5) is 0 Å². The van der Waals surface area contributed by atoms with Crippen molar-refractivity contribution in [2.24, 2.45) is 10.8 Å². The van der Waals surface area contributed by atoms with Crippen LogP contribution in [0.3, 0.4) is 0 Å². The van der Waals surface area contributed by atoms with Crippen LogP contribution in [0, 0.1) is 10.8 Å². The highest BCUT2D eigenvalue weighted by atomic mass is 31.2. The van der Waals surface area contributed by atoms with Crippen molar-refractivity contribution < 1.29 is 47.1 Å². The van der Waals surface area contributed by atoms with E-state index in [2.05, 4.69) is 307 Å². The van der Waals surface area contributed by atoms with E-state index in [0.717, 1.165) is 161 Å². The number of aryl methyl sites for hydroxylation is 2. The van der Waals surface area contributed by atoms with Gasteiger partial charge in [-0.1, -0.05) is 354 Å². The highest BCUT2D eigenvalue weighted by Crippen LogP contribution is 2.51. The van der Waals surface area contributed by atoms with Gasteiger partial charge in [0.05, 0.1) is 51.2 Å². The lowest BCUT2D eigenvalue weighted by Gasteiger charge is -2.29. The molecule has 12 bridgehead atoms. The molecule has 0 amide bonds. The summed E-state index contributed by atoms with van der Waals surface area (Å²) < 4.78 is 62.6. The molecule has 8 aromatic carbocycles. The Morgan fingerprint density at radius 2 is 0.504 bits per heavy atom. The molecule has 0 fully saturated rings. The van der Waals surface area contributed by atoms with E-state index < -0.39 is 8.60 Å². The first kappa shape index (κ1) is 106. The maximum atomic E-state index is 12.5. The van der Waals surface area contributed by atoms with Gasteiger partial charge in [-0.3, -0.25) is 0 Å². The van der Waals surface area contributed by atoms with Crippen LogP contribution in [0.5, 0.6) is 46.0 Å². The average Bonchev–Trinajstić information content (AvgIpc) is 0.773. The van der Waals surface area contributed by atoms with Crippen molar-refractivity contribution in [2.75, 3.05) is 39.6 Å². The third-order valence-electron chi connectivity index (χ3n) is 25.1. The molecule has 0 aromatic heterocycles. The summed E-state index contributed by atoms with van der Waals surface area (Å²) in [6.07, 6.45) is 18.6. The summed E-state index contributed by atoms with van der Waals surface area (Å²) in [5.74, 6) is 8.32. The van der Waals surface area contributed by atoms with E-state index in [1.807, 2.05) is 60.7 Å². The molecule has 714 valence electrons. The smallest absolute Gasteiger partial charge is 0.507 e. The zero-order valence-electron chi connectivity index (χ0n) is 87.4. The van der Waals surface area contributed by atoms with Crippen molar-refractivity contribution in [3.05, 3.63) is 280 Å². The Bertz CT molecular complexity index is 5180. The SMILES string of the molecule is CCCO/C1=C(/C=C(\CC)C(C)(C)C)Cc2cc(C(C)(C)C)cc(c2O)Cc2cc(C(C)(C)C)cc(c2OCCC)Cc2cc(C(C)(C)C)cc(c2OCCC)CC1.CCCO/C1=C(/C=C(\CC)C(C)(C)C)Cc2cc(C(C)(C)C)cc(c2OP(Oc2ccccc2)Oc2ccccc2)Cc2cc(C(C)(C)C)cc(c2OCCC)Cc2cc(C(C)(C)C)cc(c2OCCC)CC1. The molecule has 1 N–H and O–H groups in total. The average molecular weight is 1800 g/mol. The van der Waals surface area contributed by atoms with Gasteiger partial charge in [-0.05, 0) is 243 Å². The van der Waals surface area contributed by atoms with Gasteiger partial charge >= 0.3 is 8.60 Å². The summed E-state index contributed by atoms with van der Waals surface area (Å²) in [6, 6.07) is 48.1. The second-order valence-corrected chi connectivity index (χ2v) is 46.0. The number of allylic oxidation sites excluding steroid dienone is 8. The molecule has 2 aliphatic carbocycles. The van der Waals surface area contributed by atoms with Crippen molar-refractivity contribution in [3.8, 4) is 46.0 Å².